The van der Waals surface area contributed by atoms with E-state index in [1.54, 1.807) is 0 Å². The highest BCUT2D eigenvalue weighted by Gasteiger charge is 2.20. The number of hydrogen-bond acceptors (Lipinski definition) is 14. The van der Waals surface area contributed by atoms with Crippen molar-refractivity contribution in [3.8, 4) is 0 Å². The van der Waals surface area contributed by atoms with Crippen LogP contribution in [-0.4, -0.2) is 92.2 Å². The van der Waals surface area contributed by atoms with Gasteiger partial charge < -0.3 is 34.7 Å². The van der Waals surface area contributed by atoms with Gasteiger partial charge in [0.1, 0.15) is 19.8 Å². The Labute approximate surface area is 331 Å². The Morgan fingerprint density at radius 1 is 0.717 bits per heavy atom. The van der Waals surface area contributed by atoms with Crippen molar-refractivity contribution in [3.05, 3.63) is 12.2 Å². The first-order valence-corrected chi connectivity index (χ1v) is 21.8. The second-order valence-electron chi connectivity index (χ2n) is 12.7. The molecule has 16 heteroatoms. The fraction of sp³-hybridized carbons (Fsp3) is 0.784. The van der Waals surface area contributed by atoms with Gasteiger partial charge in [0.2, 0.25) is 5.91 Å². The second kappa shape index (κ2) is 36.5. The Morgan fingerprint density at radius 3 is 1.96 bits per heavy atom. The molecular formula is C37H64IN3O11S. The number of hydrogen-bond donors (Lipinski definition) is 3. The number of esters is 4. The minimum Gasteiger partial charge on any atom is -0.462 e. The molecule has 0 aliphatic carbocycles. The maximum atomic E-state index is 12.2. The second-order valence-corrected chi connectivity index (χ2v) is 15.5. The topological polar surface area (TPSA) is 199 Å². The Balaban J connectivity index is 4.18. The van der Waals surface area contributed by atoms with Gasteiger partial charge in [-0.3, -0.25) is 19.2 Å². The highest BCUT2D eigenvalue weighted by Crippen LogP contribution is 2.11. The van der Waals surface area contributed by atoms with Crippen LogP contribution in [-0.2, 0) is 52.5 Å². The average Bonchev–Trinajstić information content (AvgIpc) is 3.14. The highest BCUT2D eigenvalue weighted by molar-refractivity contribution is 14.2. The number of nitrogens with one attached hydrogen (secondary N) is 1. The van der Waals surface area contributed by atoms with Crippen molar-refractivity contribution < 1.29 is 52.5 Å². The molecule has 0 bridgehead atoms. The Kier molecular flexibility index (Phi) is 34.8. The standard InChI is InChI=1S/C37H64IN3O11S/c1-3-4-5-6-7-8-9-10-11-12-13-14-15-16-17-21-34(44)51-29-36(46)50-27-30(52-37(47)28-48-2)26-49-35(45)23-22-33(43)40-24-19-18-20-31(39)32(42)25-38-41-53/h10-11,30-31,53H,3-9,12-29,39H2,1-2H3,(H,40,43)/b11-10+. The predicted octanol–water partition coefficient (Wildman–Crippen LogP) is 6.17. The summed E-state index contributed by atoms with van der Waals surface area (Å²) in [5.41, 5.74) is 5.87. The lowest BCUT2D eigenvalue weighted by molar-refractivity contribution is -0.171. The third-order valence-corrected chi connectivity index (χ3v) is 10.0. The zero-order valence-corrected chi connectivity index (χ0v) is 34.9. The maximum Gasteiger partial charge on any atom is 0.344 e. The van der Waals surface area contributed by atoms with Gasteiger partial charge in [-0.15, -0.1) is 0 Å². The van der Waals surface area contributed by atoms with E-state index < -0.39 is 76.9 Å². The molecule has 3 N–H and O–H groups in total. The Morgan fingerprint density at radius 2 is 1.32 bits per heavy atom. The third-order valence-electron chi connectivity index (χ3n) is 7.89. The number of Topliss-reactive ketones (excluding diaryl/α,β-unsaturated/α-hetero) is 1. The number of methoxy groups -OCH3 is 1. The summed E-state index contributed by atoms with van der Waals surface area (Å²) in [5.74, 6) is -3.23. The molecule has 14 nitrogen and oxygen atoms in total. The number of ether oxygens (including phenoxy) is 5. The number of thiol groups is 1. The van der Waals surface area contributed by atoms with Gasteiger partial charge in [-0.1, -0.05) is 70.4 Å². The number of carbonyl (C=O) groups is 6. The largest absolute Gasteiger partial charge is 0.462 e. The summed E-state index contributed by atoms with van der Waals surface area (Å²) < 4.78 is 29.2. The summed E-state index contributed by atoms with van der Waals surface area (Å²) in [4.78, 5) is 72.3. The summed E-state index contributed by atoms with van der Waals surface area (Å²) in [6.45, 7) is 0.745. The van der Waals surface area contributed by atoms with E-state index >= 15 is 0 Å². The first kappa shape index (κ1) is 50.6. The molecule has 0 spiro atoms. The van der Waals surface area contributed by atoms with Crippen LogP contribution in [0.1, 0.15) is 129 Å². The molecule has 0 aromatic carbocycles. The number of unbranched alkanes of at least 4 members (excludes halogenated alkanes) is 12. The van der Waals surface area contributed by atoms with Gasteiger partial charge >= 0.3 is 23.9 Å². The van der Waals surface area contributed by atoms with Gasteiger partial charge in [0, 0.05) is 47.5 Å². The zero-order valence-electron chi connectivity index (χ0n) is 31.8. The van der Waals surface area contributed by atoms with Crippen LogP contribution in [0, 0.1) is 0 Å². The van der Waals surface area contributed by atoms with Gasteiger partial charge in [-0.2, -0.15) is 2.55 Å². The molecule has 0 radical (unpaired) electrons. The fourth-order valence-electron chi connectivity index (χ4n) is 4.86. The Hall–Kier alpha value is -2.44. The average molecular weight is 886 g/mol. The lowest BCUT2D eigenvalue weighted by Crippen LogP contribution is -2.33. The number of nitrogens with zero attached hydrogens (tertiary/aromatic N) is 1. The lowest BCUT2D eigenvalue weighted by atomic mass is 10.1. The molecule has 0 aromatic rings. The molecule has 2 atom stereocenters. The van der Waals surface area contributed by atoms with Gasteiger partial charge in [0.05, 0.1) is 16.9 Å². The molecule has 0 saturated heterocycles. The maximum absolute atomic E-state index is 12.2. The van der Waals surface area contributed by atoms with E-state index in [0.29, 0.717) is 36.7 Å². The van der Waals surface area contributed by atoms with E-state index in [1.807, 2.05) is 0 Å². The molecule has 2 unspecified atom stereocenters. The first-order chi connectivity index (χ1) is 25.6. The molecule has 53 heavy (non-hydrogen) atoms. The zero-order chi connectivity index (χ0) is 39.4. The van der Waals surface area contributed by atoms with Gasteiger partial charge in [-0.25, -0.2) is 9.59 Å². The number of rotatable bonds is 35. The summed E-state index contributed by atoms with van der Waals surface area (Å²) in [5, 5.41) is 2.70. The van der Waals surface area contributed by atoms with Crippen molar-refractivity contribution in [3.63, 3.8) is 0 Å². The van der Waals surface area contributed by atoms with Crippen molar-refractivity contribution >= 4 is 69.4 Å². The van der Waals surface area contributed by atoms with E-state index in [2.05, 4.69) is 39.8 Å². The Bertz CT molecular complexity index is 1090. The monoisotopic (exact) mass is 885 g/mol. The molecule has 0 aliphatic heterocycles. The van der Waals surface area contributed by atoms with Crippen LogP contribution in [0.2, 0.25) is 0 Å². The number of nitrogens with two attached hydrogens (primary N) is 1. The fourth-order valence-corrected chi connectivity index (χ4v) is 6.27. The molecule has 0 aromatic heterocycles. The molecule has 0 heterocycles. The van der Waals surface area contributed by atoms with E-state index in [9.17, 15) is 28.8 Å². The van der Waals surface area contributed by atoms with Crippen molar-refractivity contribution in [1.82, 2.24) is 5.32 Å². The molecule has 0 aliphatic rings. The smallest absolute Gasteiger partial charge is 0.344 e. The summed E-state index contributed by atoms with van der Waals surface area (Å²) in [6, 6.07) is -0.550. The summed E-state index contributed by atoms with van der Waals surface area (Å²) in [7, 11) is 1.30. The van der Waals surface area contributed by atoms with Crippen molar-refractivity contribution in [1.29, 1.82) is 0 Å². The molecule has 306 valence electrons. The minimum atomic E-state index is -1.14. The van der Waals surface area contributed by atoms with E-state index in [1.165, 1.54) is 45.6 Å². The van der Waals surface area contributed by atoms with Gasteiger partial charge in [0.15, 0.2) is 18.5 Å². The molecule has 0 saturated carbocycles. The number of carbonyl (C=O) groups excluding carboxylic acids is 6. The molecular weight excluding hydrogens is 821 g/mol. The predicted molar refractivity (Wildman–Crippen MR) is 213 cm³/mol. The van der Waals surface area contributed by atoms with E-state index in [4.69, 9.17) is 29.4 Å². The summed E-state index contributed by atoms with van der Waals surface area (Å²) in [6.07, 6.45) is 20.0. The normalized spacial score (nSPS) is 12.5. The molecule has 1 amide bonds. The summed E-state index contributed by atoms with van der Waals surface area (Å²) >= 11 is 3.15. The molecule has 0 rings (SSSR count). The first-order valence-electron chi connectivity index (χ1n) is 18.9. The third kappa shape index (κ3) is 33.8. The molecule has 0 fully saturated rings. The van der Waals surface area contributed by atoms with Crippen molar-refractivity contribution in [2.45, 2.75) is 141 Å². The van der Waals surface area contributed by atoms with Crippen LogP contribution in [0.25, 0.3) is 0 Å². The number of allylic oxidation sites excluding steroid dienone is 2. The minimum absolute atomic E-state index is 0.0351. The number of halogens is 1. The van der Waals surface area contributed by atoms with Crippen LogP contribution >= 0.6 is 33.8 Å². The van der Waals surface area contributed by atoms with Crippen LogP contribution in [0.5, 0.6) is 0 Å². The van der Waals surface area contributed by atoms with E-state index in [-0.39, 0.29) is 37.6 Å². The van der Waals surface area contributed by atoms with Crippen molar-refractivity contribution in [2.75, 3.05) is 44.5 Å². The lowest BCUT2D eigenvalue weighted by Gasteiger charge is -2.18. The van der Waals surface area contributed by atoms with Crippen LogP contribution < -0.4 is 11.1 Å². The quantitative estimate of drug-likeness (QED) is 0.0125. The van der Waals surface area contributed by atoms with Gasteiger partial charge in [-0.05, 0) is 64.2 Å². The highest BCUT2D eigenvalue weighted by atomic mass is 127. The van der Waals surface area contributed by atoms with Crippen LogP contribution in [0.3, 0.4) is 0 Å². The van der Waals surface area contributed by atoms with E-state index in [0.717, 1.165) is 38.5 Å². The number of amides is 1. The van der Waals surface area contributed by atoms with Crippen molar-refractivity contribution in [2.24, 2.45) is 8.28 Å². The van der Waals surface area contributed by atoms with Gasteiger partial charge in [0.25, 0.3) is 0 Å². The van der Waals surface area contributed by atoms with Crippen LogP contribution in [0.15, 0.2) is 14.7 Å². The van der Waals surface area contributed by atoms with Crippen LogP contribution in [0.4, 0.5) is 0 Å². The SMILES string of the molecule is CCCCCCCC/C=C/CCCCCCCC(=O)OCC(=O)OCC(COC(=O)CCC(=O)NCCCCC(N)C(=O)CI=NS)OC(=O)COC. The number of alkyl halides is 1. The number of ketones is 1.